The SMILES string of the molecule is CSC1(CNCC(=O)N2CCCC2)CC1. The lowest BCUT2D eigenvalue weighted by atomic mass is 10.4. The van der Waals surface area contributed by atoms with Gasteiger partial charge in [-0.05, 0) is 31.9 Å². The van der Waals surface area contributed by atoms with Crippen LogP contribution < -0.4 is 5.32 Å². The molecular formula is C11H20N2OS. The lowest BCUT2D eigenvalue weighted by Gasteiger charge is -2.17. The average molecular weight is 228 g/mol. The van der Waals surface area contributed by atoms with Crippen molar-refractivity contribution >= 4 is 17.7 Å². The van der Waals surface area contributed by atoms with E-state index in [1.807, 2.05) is 16.7 Å². The molecule has 1 saturated heterocycles. The van der Waals surface area contributed by atoms with Crippen molar-refractivity contribution in [2.75, 3.05) is 32.4 Å². The van der Waals surface area contributed by atoms with Crippen LogP contribution in [0.1, 0.15) is 25.7 Å². The van der Waals surface area contributed by atoms with Crippen molar-refractivity contribution < 1.29 is 4.79 Å². The molecule has 2 rings (SSSR count). The third-order valence-electron chi connectivity index (χ3n) is 3.42. The second-order valence-corrected chi connectivity index (χ2v) is 5.85. The maximum absolute atomic E-state index is 11.7. The molecule has 0 atom stereocenters. The summed E-state index contributed by atoms with van der Waals surface area (Å²) in [6, 6.07) is 0. The maximum atomic E-state index is 11.7. The van der Waals surface area contributed by atoms with Crippen molar-refractivity contribution in [3.63, 3.8) is 0 Å². The Balaban J connectivity index is 1.63. The molecule has 0 radical (unpaired) electrons. The van der Waals surface area contributed by atoms with Crippen LogP contribution in [0, 0.1) is 0 Å². The van der Waals surface area contributed by atoms with Gasteiger partial charge in [-0.15, -0.1) is 0 Å². The number of nitrogens with zero attached hydrogens (tertiary/aromatic N) is 1. The number of hydrogen-bond donors (Lipinski definition) is 1. The fourth-order valence-electron chi connectivity index (χ4n) is 2.07. The highest BCUT2D eigenvalue weighted by Crippen LogP contribution is 2.46. The maximum Gasteiger partial charge on any atom is 0.236 e. The van der Waals surface area contributed by atoms with Crippen LogP contribution >= 0.6 is 11.8 Å². The smallest absolute Gasteiger partial charge is 0.236 e. The van der Waals surface area contributed by atoms with Gasteiger partial charge in [-0.3, -0.25) is 4.79 Å². The second-order valence-electron chi connectivity index (χ2n) is 4.58. The molecule has 3 nitrogen and oxygen atoms in total. The third-order valence-corrected chi connectivity index (χ3v) is 4.84. The van der Waals surface area contributed by atoms with Crippen LogP contribution in [-0.2, 0) is 4.79 Å². The minimum Gasteiger partial charge on any atom is -0.342 e. The first kappa shape index (κ1) is 11.3. The fraction of sp³-hybridized carbons (Fsp3) is 0.909. The van der Waals surface area contributed by atoms with Crippen molar-refractivity contribution in [1.82, 2.24) is 10.2 Å². The van der Waals surface area contributed by atoms with E-state index in [4.69, 9.17) is 0 Å². The molecule has 0 unspecified atom stereocenters. The number of amides is 1. The molecule has 1 aliphatic heterocycles. The minimum absolute atomic E-state index is 0.282. The Hall–Kier alpha value is -0.220. The Morgan fingerprint density at radius 1 is 1.40 bits per heavy atom. The molecule has 1 saturated carbocycles. The minimum atomic E-state index is 0.282. The van der Waals surface area contributed by atoms with E-state index in [1.165, 1.54) is 25.7 Å². The molecule has 1 amide bonds. The van der Waals surface area contributed by atoms with Gasteiger partial charge in [-0.2, -0.15) is 11.8 Å². The van der Waals surface area contributed by atoms with E-state index >= 15 is 0 Å². The highest BCUT2D eigenvalue weighted by molar-refractivity contribution is 8.00. The van der Waals surface area contributed by atoms with Crippen LogP contribution in [0.15, 0.2) is 0 Å². The van der Waals surface area contributed by atoms with Gasteiger partial charge in [0.1, 0.15) is 0 Å². The lowest BCUT2D eigenvalue weighted by Crippen LogP contribution is -2.38. The molecular weight excluding hydrogens is 208 g/mol. The zero-order valence-corrected chi connectivity index (χ0v) is 10.2. The van der Waals surface area contributed by atoms with Crippen molar-refractivity contribution in [1.29, 1.82) is 0 Å². The normalized spacial score (nSPS) is 23.1. The van der Waals surface area contributed by atoms with Gasteiger partial charge in [0.05, 0.1) is 6.54 Å². The highest BCUT2D eigenvalue weighted by Gasteiger charge is 2.41. The molecule has 2 aliphatic rings. The van der Waals surface area contributed by atoms with Crippen molar-refractivity contribution in [3.05, 3.63) is 0 Å². The van der Waals surface area contributed by atoms with Crippen LogP contribution in [0.3, 0.4) is 0 Å². The van der Waals surface area contributed by atoms with Crippen LogP contribution in [0.4, 0.5) is 0 Å². The molecule has 0 aromatic carbocycles. The zero-order chi connectivity index (χ0) is 10.7. The highest BCUT2D eigenvalue weighted by atomic mass is 32.2. The van der Waals surface area contributed by atoms with Crippen molar-refractivity contribution in [3.8, 4) is 0 Å². The molecule has 1 heterocycles. The number of likely N-dealkylation sites (tertiary alicyclic amines) is 1. The van der Waals surface area contributed by atoms with Gasteiger partial charge < -0.3 is 10.2 Å². The number of rotatable bonds is 5. The van der Waals surface area contributed by atoms with Crippen molar-refractivity contribution in [2.45, 2.75) is 30.4 Å². The predicted molar refractivity (Wildman–Crippen MR) is 64.2 cm³/mol. The van der Waals surface area contributed by atoms with E-state index in [9.17, 15) is 4.79 Å². The van der Waals surface area contributed by atoms with E-state index < -0.39 is 0 Å². The topological polar surface area (TPSA) is 32.3 Å². The van der Waals surface area contributed by atoms with Crippen LogP contribution in [-0.4, -0.2) is 48.0 Å². The first-order valence-corrected chi connectivity index (χ1v) is 7.02. The number of hydrogen-bond acceptors (Lipinski definition) is 3. The Labute approximate surface area is 96.0 Å². The molecule has 4 heteroatoms. The van der Waals surface area contributed by atoms with Gasteiger partial charge in [0, 0.05) is 24.4 Å². The Bertz CT molecular complexity index is 235. The Morgan fingerprint density at radius 3 is 2.60 bits per heavy atom. The van der Waals surface area contributed by atoms with Crippen LogP contribution in [0.2, 0.25) is 0 Å². The second kappa shape index (κ2) is 4.74. The molecule has 15 heavy (non-hydrogen) atoms. The molecule has 86 valence electrons. The summed E-state index contributed by atoms with van der Waals surface area (Å²) < 4.78 is 0.464. The summed E-state index contributed by atoms with van der Waals surface area (Å²) in [5.74, 6) is 0.282. The van der Waals surface area contributed by atoms with E-state index in [-0.39, 0.29) is 5.91 Å². The van der Waals surface area contributed by atoms with Gasteiger partial charge in [-0.25, -0.2) is 0 Å². The number of carbonyl (C=O) groups excluding carboxylic acids is 1. The summed E-state index contributed by atoms with van der Waals surface area (Å²) >= 11 is 1.93. The van der Waals surface area contributed by atoms with E-state index in [0.29, 0.717) is 11.3 Å². The van der Waals surface area contributed by atoms with Gasteiger partial charge in [0.15, 0.2) is 0 Å². The Morgan fingerprint density at radius 2 is 2.07 bits per heavy atom. The summed E-state index contributed by atoms with van der Waals surface area (Å²) in [7, 11) is 0. The largest absolute Gasteiger partial charge is 0.342 e. The van der Waals surface area contributed by atoms with Crippen molar-refractivity contribution in [2.24, 2.45) is 0 Å². The zero-order valence-electron chi connectivity index (χ0n) is 9.42. The van der Waals surface area contributed by atoms with E-state index in [0.717, 1.165) is 19.6 Å². The molecule has 0 bridgehead atoms. The molecule has 0 aromatic rings. The number of nitrogens with one attached hydrogen (secondary N) is 1. The predicted octanol–water partition coefficient (Wildman–Crippen LogP) is 1.09. The molecule has 1 aliphatic carbocycles. The summed E-state index contributed by atoms with van der Waals surface area (Å²) in [5.41, 5.74) is 0. The standard InChI is InChI=1S/C11H20N2OS/c1-15-11(4-5-11)9-12-8-10(14)13-6-2-3-7-13/h12H,2-9H2,1H3. The average Bonchev–Trinajstić information content (AvgIpc) is 2.81. The monoisotopic (exact) mass is 228 g/mol. The van der Waals surface area contributed by atoms with Crippen LogP contribution in [0.25, 0.3) is 0 Å². The molecule has 2 fully saturated rings. The van der Waals surface area contributed by atoms with Gasteiger partial charge >= 0.3 is 0 Å². The van der Waals surface area contributed by atoms with Crippen LogP contribution in [0.5, 0.6) is 0 Å². The summed E-state index contributed by atoms with van der Waals surface area (Å²) in [5, 5.41) is 3.30. The number of thioether (sulfide) groups is 1. The first-order valence-electron chi connectivity index (χ1n) is 5.79. The third kappa shape index (κ3) is 2.88. The van der Waals surface area contributed by atoms with E-state index in [1.54, 1.807) is 0 Å². The fourth-order valence-corrected chi connectivity index (χ4v) is 2.82. The van der Waals surface area contributed by atoms with Gasteiger partial charge in [0.25, 0.3) is 0 Å². The summed E-state index contributed by atoms with van der Waals surface area (Å²) in [4.78, 5) is 13.7. The lowest BCUT2D eigenvalue weighted by molar-refractivity contribution is -0.129. The molecule has 1 N–H and O–H groups in total. The quantitative estimate of drug-likeness (QED) is 0.764. The molecule has 0 spiro atoms. The van der Waals surface area contributed by atoms with E-state index in [2.05, 4.69) is 11.6 Å². The summed E-state index contributed by atoms with van der Waals surface area (Å²) in [6.45, 7) is 3.46. The van der Waals surface area contributed by atoms with Gasteiger partial charge in [0.2, 0.25) is 5.91 Å². The Kier molecular flexibility index (Phi) is 3.57. The summed E-state index contributed by atoms with van der Waals surface area (Å²) in [6.07, 6.45) is 7.14. The first-order chi connectivity index (χ1) is 7.26. The molecule has 0 aromatic heterocycles. The van der Waals surface area contributed by atoms with Gasteiger partial charge in [-0.1, -0.05) is 0 Å². The number of carbonyl (C=O) groups is 1.